The van der Waals surface area contributed by atoms with Crippen molar-refractivity contribution in [3.8, 4) is 5.69 Å². The van der Waals surface area contributed by atoms with Crippen LogP contribution in [0.2, 0.25) is 0 Å². The van der Waals surface area contributed by atoms with Gasteiger partial charge in [-0.1, -0.05) is 18.2 Å². The summed E-state index contributed by atoms with van der Waals surface area (Å²) in [5.41, 5.74) is 2.77. The molecule has 0 aliphatic heterocycles. The van der Waals surface area contributed by atoms with Gasteiger partial charge in [-0.15, -0.1) is 0 Å². The van der Waals surface area contributed by atoms with Gasteiger partial charge in [-0.3, -0.25) is 0 Å². The number of para-hydroxylation sites is 1. The van der Waals surface area contributed by atoms with Crippen molar-refractivity contribution >= 4 is 17.4 Å². The fraction of sp³-hybridized carbons (Fsp3) is 0.273. The van der Waals surface area contributed by atoms with Crippen molar-refractivity contribution in [1.29, 1.82) is 0 Å². The molecule has 7 heteroatoms. The molecule has 152 valence electrons. The van der Waals surface area contributed by atoms with Crippen LogP contribution >= 0.6 is 0 Å². The average Bonchev–Trinajstić information content (AvgIpc) is 3.17. The van der Waals surface area contributed by atoms with Crippen molar-refractivity contribution in [1.82, 2.24) is 15.1 Å². The molecule has 2 aromatic carbocycles. The fourth-order valence-electron chi connectivity index (χ4n) is 2.85. The summed E-state index contributed by atoms with van der Waals surface area (Å²) in [4.78, 5) is 13.9. The van der Waals surface area contributed by atoms with Crippen LogP contribution < -0.4 is 15.5 Å². The number of carbonyl (C=O) groups excluding carboxylic acids is 1. The van der Waals surface area contributed by atoms with E-state index in [4.69, 9.17) is 0 Å². The van der Waals surface area contributed by atoms with Gasteiger partial charge < -0.3 is 15.5 Å². The summed E-state index contributed by atoms with van der Waals surface area (Å²) in [7, 11) is 1.84. The molecule has 3 aromatic rings. The summed E-state index contributed by atoms with van der Waals surface area (Å²) in [6.45, 7) is 4.40. The molecule has 0 saturated carbocycles. The normalized spacial score (nSPS) is 10.8. The van der Waals surface area contributed by atoms with Gasteiger partial charge in [0, 0.05) is 37.9 Å². The first-order chi connectivity index (χ1) is 13.9. The van der Waals surface area contributed by atoms with E-state index >= 15 is 0 Å². The third-order valence-corrected chi connectivity index (χ3v) is 4.69. The fourth-order valence-corrected chi connectivity index (χ4v) is 2.85. The Morgan fingerprint density at radius 1 is 1.17 bits per heavy atom. The number of halogens is 1. The second kappa shape index (κ2) is 9.23. The Morgan fingerprint density at radius 3 is 2.62 bits per heavy atom. The summed E-state index contributed by atoms with van der Waals surface area (Å²) in [6, 6.07) is 16.2. The van der Waals surface area contributed by atoms with Gasteiger partial charge in [-0.05, 0) is 50.2 Å². The van der Waals surface area contributed by atoms with Crippen molar-refractivity contribution in [2.45, 2.75) is 26.3 Å². The molecule has 0 radical (unpaired) electrons. The first kappa shape index (κ1) is 20.4. The SMILES string of the molecule is CC(C)N(C)c1ccc(NC(=O)NCCc2ccn(-c3ccccc3)n2)cc1F. The van der Waals surface area contributed by atoms with E-state index in [2.05, 4.69) is 15.7 Å². The van der Waals surface area contributed by atoms with Gasteiger partial charge in [0.05, 0.1) is 17.1 Å². The van der Waals surface area contributed by atoms with Crippen LogP contribution in [-0.4, -0.2) is 35.4 Å². The van der Waals surface area contributed by atoms with E-state index in [1.807, 2.05) is 68.4 Å². The van der Waals surface area contributed by atoms with Crippen molar-refractivity contribution in [3.63, 3.8) is 0 Å². The standard InChI is InChI=1S/C22H26FN5O/c1-16(2)27(3)21-10-9-18(15-20(21)23)25-22(29)24-13-11-17-12-14-28(26-17)19-7-5-4-6-8-19/h4-10,12,14-16H,11,13H2,1-3H3,(H2,24,25,29). The van der Waals surface area contributed by atoms with Gasteiger partial charge in [-0.25, -0.2) is 13.9 Å². The molecular weight excluding hydrogens is 369 g/mol. The summed E-state index contributed by atoms with van der Waals surface area (Å²) in [5, 5.41) is 9.94. The van der Waals surface area contributed by atoms with Crippen LogP contribution in [0, 0.1) is 5.82 Å². The lowest BCUT2D eigenvalue weighted by Gasteiger charge is -2.24. The zero-order valence-electron chi connectivity index (χ0n) is 16.9. The first-order valence-corrected chi connectivity index (χ1v) is 9.61. The Labute approximate surface area is 170 Å². The summed E-state index contributed by atoms with van der Waals surface area (Å²) >= 11 is 0. The van der Waals surface area contributed by atoms with E-state index in [1.165, 1.54) is 6.07 Å². The highest BCUT2D eigenvalue weighted by molar-refractivity contribution is 5.89. The maximum absolute atomic E-state index is 14.3. The average molecular weight is 395 g/mol. The predicted octanol–water partition coefficient (Wildman–Crippen LogP) is 4.22. The molecular formula is C22H26FN5O. The van der Waals surface area contributed by atoms with Crippen LogP contribution in [0.3, 0.4) is 0 Å². The Kier molecular flexibility index (Phi) is 6.49. The molecule has 0 atom stereocenters. The summed E-state index contributed by atoms with van der Waals surface area (Å²) < 4.78 is 16.1. The third kappa shape index (κ3) is 5.34. The minimum atomic E-state index is -0.378. The van der Waals surface area contributed by atoms with Gasteiger partial charge in [0.25, 0.3) is 0 Å². The lowest BCUT2D eigenvalue weighted by atomic mass is 10.2. The number of urea groups is 1. The maximum atomic E-state index is 14.3. The minimum Gasteiger partial charge on any atom is -0.370 e. The smallest absolute Gasteiger partial charge is 0.319 e. The van der Waals surface area contributed by atoms with E-state index < -0.39 is 0 Å². The molecule has 2 N–H and O–H groups in total. The first-order valence-electron chi connectivity index (χ1n) is 9.61. The number of nitrogens with zero attached hydrogens (tertiary/aromatic N) is 3. The van der Waals surface area contributed by atoms with Crippen LogP contribution in [0.1, 0.15) is 19.5 Å². The lowest BCUT2D eigenvalue weighted by Crippen LogP contribution is -2.30. The highest BCUT2D eigenvalue weighted by Crippen LogP contribution is 2.23. The number of hydrogen-bond acceptors (Lipinski definition) is 3. The molecule has 0 fully saturated rings. The molecule has 0 aliphatic carbocycles. The van der Waals surface area contributed by atoms with Crippen molar-refractivity contribution < 1.29 is 9.18 Å². The van der Waals surface area contributed by atoms with Gasteiger partial charge in [0.15, 0.2) is 0 Å². The zero-order chi connectivity index (χ0) is 20.8. The molecule has 2 amide bonds. The molecule has 1 heterocycles. The van der Waals surface area contributed by atoms with E-state index in [0.29, 0.717) is 24.3 Å². The number of nitrogens with one attached hydrogen (secondary N) is 2. The van der Waals surface area contributed by atoms with Crippen molar-refractivity contribution in [2.75, 3.05) is 23.8 Å². The molecule has 0 saturated heterocycles. The molecule has 0 bridgehead atoms. The molecule has 29 heavy (non-hydrogen) atoms. The second-order valence-corrected chi connectivity index (χ2v) is 7.09. The topological polar surface area (TPSA) is 62.2 Å². The quantitative estimate of drug-likeness (QED) is 0.630. The van der Waals surface area contributed by atoms with Crippen LogP contribution in [0.5, 0.6) is 0 Å². The Balaban J connectivity index is 1.49. The van der Waals surface area contributed by atoms with E-state index in [-0.39, 0.29) is 17.9 Å². The molecule has 6 nitrogen and oxygen atoms in total. The molecule has 1 aromatic heterocycles. The van der Waals surface area contributed by atoms with Crippen molar-refractivity contribution in [3.05, 3.63) is 72.3 Å². The molecule has 0 aliphatic rings. The number of hydrogen-bond donors (Lipinski definition) is 2. The number of amides is 2. The Hall–Kier alpha value is -3.35. The van der Waals surface area contributed by atoms with Crippen molar-refractivity contribution in [2.24, 2.45) is 0 Å². The zero-order valence-corrected chi connectivity index (χ0v) is 16.9. The van der Waals surface area contributed by atoms with E-state index in [1.54, 1.807) is 16.8 Å². The number of benzene rings is 2. The third-order valence-electron chi connectivity index (χ3n) is 4.69. The minimum absolute atomic E-state index is 0.178. The highest BCUT2D eigenvalue weighted by Gasteiger charge is 2.12. The highest BCUT2D eigenvalue weighted by atomic mass is 19.1. The number of anilines is 2. The molecule has 0 unspecified atom stereocenters. The van der Waals surface area contributed by atoms with E-state index in [9.17, 15) is 9.18 Å². The monoisotopic (exact) mass is 395 g/mol. The van der Waals surface area contributed by atoms with Crippen LogP contribution in [0.15, 0.2) is 60.8 Å². The largest absolute Gasteiger partial charge is 0.370 e. The number of carbonyl (C=O) groups is 1. The molecule has 3 rings (SSSR count). The van der Waals surface area contributed by atoms with Gasteiger partial charge in [-0.2, -0.15) is 5.10 Å². The predicted molar refractivity (Wildman–Crippen MR) is 114 cm³/mol. The summed E-state index contributed by atoms with van der Waals surface area (Å²) in [5.74, 6) is -0.370. The number of aromatic nitrogens is 2. The second-order valence-electron chi connectivity index (χ2n) is 7.09. The maximum Gasteiger partial charge on any atom is 0.319 e. The van der Waals surface area contributed by atoms with Gasteiger partial charge in [0.2, 0.25) is 0 Å². The van der Waals surface area contributed by atoms with Gasteiger partial charge in [0.1, 0.15) is 5.82 Å². The summed E-state index contributed by atoms with van der Waals surface area (Å²) in [6.07, 6.45) is 2.49. The Bertz CT molecular complexity index is 955. The lowest BCUT2D eigenvalue weighted by molar-refractivity contribution is 0.252. The number of rotatable bonds is 7. The van der Waals surface area contributed by atoms with Crippen LogP contribution in [0.4, 0.5) is 20.6 Å². The van der Waals surface area contributed by atoms with Gasteiger partial charge >= 0.3 is 6.03 Å². The van der Waals surface area contributed by atoms with Crippen LogP contribution in [-0.2, 0) is 6.42 Å². The Morgan fingerprint density at radius 2 is 1.93 bits per heavy atom. The van der Waals surface area contributed by atoms with Crippen LogP contribution in [0.25, 0.3) is 5.69 Å². The molecule has 0 spiro atoms. The van der Waals surface area contributed by atoms with E-state index in [0.717, 1.165) is 11.4 Å².